The van der Waals surface area contributed by atoms with Crippen LogP contribution in [0, 0.1) is 6.92 Å². The number of likely N-dealkylation sites (tertiary alicyclic amines) is 1. The van der Waals surface area contributed by atoms with Crippen molar-refractivity contribution in [3.05, 3.63) is 16.1 Å². The fourth-order valence-electron chi connectivity index (χ4n) is 2.48. The van der Waals surface area contributed by atoms with Gasteiger partial charge in [0.1, 0.15) is 12.6 Å². The first kappa shape index (κ1) is 18.5. The van der Waals surface area contributed by atoms with Gasteiger partial charge in [-0.05, 0) is 19.8 Å². The summed E-state index contributed by atoms with van der Waals surface area (Å²) in [7, 11) is 0. The molecular formula is C14H19F3N4O2S. The van der Waals surface area contributed by atoms with Gasteiger partial charge in [-0.25, -0.2) is 9.78 Å². The van der Waals surface area contributed by atoms with Crippen LogP contribution in [0.4, 0.5) is 18.0 Å². The van der Waals surface area contributed by atoms with Gasteiger partial charge >= 0.3 is 12.2 Å². The van der Waals surface area contributed by atoms with Crippen LogP contribution in [0.25, 0.3) is 0 Å². The van der Waals surface area contributed by atoms with Crippen molar-refractivity contribution in [2.75, 3.05) is 19.6 Å². The zero-order valence-electron chi connectivity index (χ0n) is 13.2. The molecule has 1 fully saturated rings. The molecule has 1 saturated heterocycles. The van der Waals surface area contributed by atoms with Gasteiger partial charge in [-0.3, -0.25) is 4.79 Å². The Morgan fingerprint density at radius 1 is 1.42 bits per heavy atom. The van der Waals surface area contributed by atoms with E-state index in [4.69, 9.17) is 0 Å². The molecule has 1 aromatic rings. The SMILES string of the molecule is Cc1csc(CCNC(=O)N2CCC[C@@H]2C(=O)NCC(F)(F)F)n1. The largest absolute Gasteiger partial charge is 0.405 e. The normalized spacial score (nSPS) is 17.8. The Morgan fingerprint density at radius 2 is 2.17 bits per heavy atom. The Bertz CT molecular complexity index is 591. The molecule has 0 radical (unpaired) electrons. The summed E-state index contributed by atoms with van der Waals surface area (Å²) in [6.07, 6.45) is -2.94. The molecule has 1 aliphatic heterocycles. The van der Waals surface area contributed by atoms with Crippen molar-refractivity contribution in [1.82, 2.24) is 20.5 Å². The highest BCUT2D eigenvalue weighted by Gasteiger charge is 2.36. The Balaban J connectivity index is 1.80. The van der Waals surface area contributed by atoms with Crippen molar-refractivity contribution in [3.8, 4) is 0 Å². The van der Waals surface area contributed by atoms with Crippen molar-refractivity contribution in [1.29, 1.82) is 0 Å². The molecule has 0 spiro atoms. The van der Waals surface area contributed by atoms with Gasteiger partial charge in [-0.2, -0.15) is 13.2 Å². The number of nitrogens with zero attached hydrogens (tertiary/aromatic N) is 2. The van der Waals surface area contributed by atoms with Crippen LogP contribution in [0.1, 0.15) is 23.5 Å². The number of hydrogen-bond acceptors (Lipinski definition) is 4. The molecule has 3 amide bonds. The summed E-state index contributed by atoms with van der Waals surface area (Å²) in [4.78, 5) is 29.6. The first-order valence-electron chi connectivity index (χ1n) is 7.56. The molecule has 0 aromatic carbocycles. The molecule has 10 heteroatoms. The number of nitrogens with one attached hydrogen (secondary N) is 2. The molecule has 6 nitrogen and oxygen atoms in total. The van der Waals surface area contributed by atoms with E-state index < -0.39 is 30.7 Å². The first-order valence-corrected chi connectivity index (χ1v) is 8.44. The second-order valence-electron chi connectivity index (χ2n) is 5.55. The van der Waals surface area contributed by atoms with Crippen LogP contribution in [0.3, 0.4) is 0 Å². The first-order chi connectivity index (χ1) is 11.3. The number of aromatic nitrogens is 1. The average Bonchev–Trinajstić information content (AvgIpc) is 3.13. The van der Waals surface area contributed by atoms with Crippen molar-refractivity contribution in [2.24, 2.45) is 0 Å². The van der Waals surface area contributed by atoms with Gasteiger partial charge in [0.15, 0.2) is 0 Å². The summed E-state index contributed by atoms with van der Waals surface area (Å²) in [6.45, 7) is 1.21. The maximum Gasteiger partial charge on any atom is 0.405 e. The lowest BCUT2D eigenvalue weighted by Crippen LogP contribution is -2.51. The minimum atomic E-state index is -4.47. The fraction of sp³-hybridized carbons (Fsp3) is 0.643. The molecule has 1 aromatic heterocycles. The van der Waals surface area contributed by atoms with Gasteiger partial charge in [0.05, 0.1) is 5.01 Å². The number of aryl methyl sites for hydroxylation is 1. The molecule has 134 valence electrons. The zero-order chi connectivity index (χ0) is 17.7. The summed E-state index contributed by atoms with van der Waals surface area (Å²) < 4.78 is 36.5. The molecule has 2 heterocycles. The van der Waals surface area contributed by atoms with E-state index in [0.29, 0.717) is 32.4 Å². The maximum absolute atomic E-state index is 12.2. The maximum atomic E-state index is 12.2. The molecule has 2 rings (SSSR count). The van der Waals surface area contributed by atoms with E-state index in [-0.39, 0.29) is 0 Å². The number of carbonyl (C=O) groups is 2. The molecule has 1 atom stereocenters. The van der Waals surface area contributed by atoms with Crippen LogP contribution in [-0.4, -0.2) is 53.7 Å². The lowest BCUT2D eigenvalue weighted by molar-refractivity contribution is -0.140. The molecule has 0 saturated carbocycles. The number of thiazole rings is 1. The highest BCUT2D eigenvalue weighted by Crippen LogP contribution is 2.18. The van der Waals surface area contributed by atoms with Crippen LogP contribution in [0.2, 0.25) is 0 Å². The van der Waals surface area contributed by atoms with Crippen molar-refractivity contribution in [2.45, 2.75) is 38.4 Å². The zero-order valence-corrected chi connectivity index (χ0v) is 14.0. The van der Waals surface area contributed by atoms with Gasteiger partial charge in [0, 0.05) is 30.6 Å². The van der Waals surface area contributed by atoms with Crippen molar-refractivity contribution >= 4 is 23.3 Å². The topological polar surface area (TPSA) is 74.3 Å². The molecule has 2 N–H and O–H groups in total. The molecule has 0 bridgehead atoms. The summed E-state index contributed by atoms with van der Waals surface area (Å²) >= 11 is 1.50. The van der Waals surface area contributed by atoms with Crippen molar-refractivity contribution in [3.63, 3.8) is 0 Å². The van der Waals surface area contributed by atoms with Crippen LogP contribution in [-0.2, 0) is 11.2 Å². The Kier molecular flexibility index (Phi) is 6.03. The second kappa shape index (κ2) is 7.82. The minimum Gasteiger partial charge on any atom is -0.345 e. The van der Waals surface area contributed by atoms with Crippen LogP contribution >= 0.6 is 11.3 Å². The third-order valence-corrected chi connectivity index (χ3v) is 4.59. The average molecular weight is 364 g/mol. The number of rotatable bonds is 5. The quantitative estimate of drug-likeness (QED) is 0.837. The van der Waals surface area contributed by atoms with Crippen LogP contribution in [0.5, 0.6) is 0 Å². The van der Waals surface area contributed by atoms with Gasteiger partial charge in [-0.1, -0.05) is 0 Å². The predicted octanol–water partition coefficient (Wildman–Crippen LogP) is 1.85. The van der Waals surface area contributed by atoms with Gasteiger partial charge in [-0.15, -0.1) is 11.3 Å². The van der Waals surface area contributed by atoms with Crippen molar-refractivity contribution < 1.29 is 22.8 Å². The summed E-state index contributed by atoms with van der Waals surface area (Å²) in [6, 6.07) is -1.29. The smallest absolute Gasteiger partial charge is 0.345 e. The summed E-state index contributed by atoms with van der Waals surface area (Å²) in [5, 5.41) is 7.34. The van der Waals surface area contributed by atoms with E-state index >= 15 is 0 Å². The Hall–Kier alpha value is -1.84. The van der Waals surface area contributed by atoms with Gasteiger partial charge in [0.25, 0.3) is 0 Å². The third-order valence-electron chi connectivity index (χ3n) is 3.56. The lowest BCUT2D eigenvalue weighted by atomic mass is 10.2. The number of urea groups is 1. The Morgan fingerprint density at radius 3 is 2.79 bits per heavy atom. The Labute approximate surface area is 141 Å². The van der Waals surface area contributed by atoms with Crippen LogP contribution < -0.4 is 10.6 Å². The molecule has 1 aliphatic rings. The van der Waals surface area contributed by atoms with E-state index in [2.05, 4.69) is 10.3 Å². The standard InChI is InChI=1S/C14H19F3N4O2S/c1-9-7-24-11(20-9)4-5-18-13(23)21-6-2-3-10(21)12(22)19-8-14(15,16)17/h7,10H,2-6,8H2,1H3,(H,18,23)(H,19,22)/t10-/m1/s1. The third kappa shape index (κ3) is 5.36. The fourth-order valence-corrected chi connectivity index (χ4v) is 3.26. The number of carbonyl (C=O) groups excluding carboxylic acids is 2. The van der Waals surface area contributed by atoms with Gasteiger partial charge < -0.3 is 15.5 Å². The summed E-state index contributed by atoms with van der Waals surface area (Å²) in [5.74, 6) is -0.768. The lowest BCUT2D eigenvalue weighted by Gasteiger charge is -2.24. The van der Waals surface area contributed by atoms with E-state index in [0.717, 1.165) is 10.7 Å². The highest BCUT2D eigenvalue weighted by molar-refractivity contribution is 7.09. The second-order valence-corrected chi connectivity index (χ2v) is 6.49. The monoisotopic (exact) mass is 364 g/mol. The molecule has 0 aliphatic carbocycles. The predicted molar refractivity (Wildman–Crippen MR) is 82.7 cm³/mol. The number of halogens is 3. The molecule has 0 unspecified atom stereocenters. The van der Waals surface area contributed by atoms with Crippen LogP contribution in [0.15, 0.2) is 5.38 Å². The highest BCUT2D eigenvalue weighted by atomic mass is 32.1. The van der Waals surface area contributed by atoms with Gasteiger partial charge in [0.2, 0.25) is 5.91 Å². The van der Waals surface area contributed by atoms with E-state index in [9.17, 15) is 22.8 Å². The number of hydrogen-bond donors (Lipinski definition) is 2. The molecular weight excluding hydrogens is 345 g/mol. The van der Waals surface area contributed by atoms with E-state index in [1.807, 2.05) is 17.6 Å². The minimum absolute atomic E-state index is 0.353. The number of alkyl halides is 3. The summed E-state index contributed by atoms with van der Waals surface area (Å²) in [5.41, 5.74) is 0.919. The number of amides is 3. The van der Waals surface area contributed by atoms with E-state index in [1.54, 1.807) is 0 Å². The molecule has 24 heavy (non-hydrogen) atoms. The van der Waals surface area contributed by atoms with E-state index in [1.165, 1.54) is 16.2 Å².